The van der Waals surface area contributed by atoms with Crippen LogP contribution in [-0.2, 0) is 13.1 Å². The minimum absolute atomic E-state index is 0.0969. The molecule has 2 aromatic rings. The first-order valence-corrected chi connectivity index (χ1v) is 5.37. The molecule has 0 aliphatic rings. The van der Waals surface area contributed by atoms with Gasteiger partial charge in [-0.1, -0.05) is 6.07 Å². The lowest BCUT2D eigenvalue weighted by molar-refractivity contribution is 0.604. The summed E-state index contributed by atoms with van der Waals surface area (Å²) in [7, 11) is 0. The number of aromatic nitrogens is 2. The Balaban J connectivity index is 2.39. The second-order valence-electron chi connectivity index (χ2n) is 3.91. The van der Waals surface area contributed by atoms with Gasteiger partial charge < -0.3 is 5.73 Å². The topological polar surface area (TPSA) is 80.9 Å². The molecule has 0 bridgehead atoms. The van der Waals surface area contributed by atoms with Crippen molar-refractivity contribution in [2.75, 3.05) is 0 Å². The Morgan fingerprint density at radius 2 is 1.89 bits per heavy atom. The van der Waals surface area contributed by atoms with E-state index in [1.54, 1.807) is 6.07 Å². The summed E-state index contributed by atoms with van der Waals surface area (Å²) in [6.45, 7) is 0.310. The first kappa shape index (κ1) is 12.3. The van der Waals surface area contributed by atoms with Crippen molar-refractivity contribution in [2.24, 2.45) is 5.73 Å². The SMILES string of the molecule is NCc1cc(F)cc(Cn2[nH]c(=O)ccc2=O)c1. The van der Waals surface area contributed by atoms with Gasteiger partial charge in [-0.25, -0.2) is 9.07 Å². The van der Waals surface area contributed by atoms with Crippen LogP contribution in [0.25, 0.3) is 0 Å². The fraction of sp³-hybridized carbons (Fsp3) is 0.167. The monoisotopic (exact) mass is 249 g/mol. The summed E-state index contributed by atoms with van der Waals surface area (Å²) in [5, 5.41) is 2.38. The maximum absolute atomic E-state index is 13.3. The van der Waals surface area contributed by atoms with E-state index >= 15 is 0 Å². The van der Waals surface area contributed by atoms with Crippen LogP contribution in [0.4, 0.5) is 4.39 Å². The number of nitrogens with one attached hydrogen (secondary N) is 1. The molecule has 3 N–H and O–H groups in total. The summed E-state index contributed by atoms with van der Waals surface area (Å²) < 4.78 is 14.4. The van der Waals surface area contributed by atoms with E-state index in [2.05, 4.69) is 5.10 Å². The molecule has 0 radical (unpaired) electrons. The van der Waals surface area contributed by atoms with E-state index in [1.807, 2.05) is 0 Å². The van der Waals surface area contributed by atoms with Crippen LogP contribution in [-0.4, -0.2) is 9.78 Å². The first-order valence-electron chi connectivity index (χ1n) is 5.37. The van der Waals surface area contributed by atoms with E-state index in [9.17, 15) is 14.0 Å². The van der Waals surface area contributed by atoms with E-state index < -0.39 is 5.82 Å². The largest absolute Gasteiger partial charge is 0.326 e. The van der Waals surface area contributed by atoms with Gasteiger partial charge in [-0.05, 0) is 23.3 Å². The number of rotatable bonds is 3. The maximum Gasteiger partial charge on any atom is 0.265 e. The summed E-state index contributed by atoms with van der Waals surface area (Å²) in [5.41, 5.74) is 5.91. The number of H-pyrrole nitrogens is 1. The summed E-state index contributed by atoms with van der Waals surface area (Å²) in [5.74, 6) is -0.417. The number of nitrogens with zero attached hydrogens (tertiary/aromatic N) is 1. The highest BCUT2D eigenvalue weighted by Gasteiger charge is 2.03. The molecule has 6 heteroatoms. The number of hydrogen-bond donors (Lipinski definition) is 2. The molecule has 0 atom stereocenters. The number of benzene rings is 1. The van der Waals surface area contributed by atoms with Gasteiger partial charge in [0.05, 0.1) is 6.54 Å². The maximum atomic E-state index is 13.3. The van der Waals surface area contributed by atoms with Crippen LogP contribution in [0.3, 0.4) is 0 Å². The predicted octanol–water partition coefficient (Wildman–Crippen LogP) is 0.183. The van der Waals surface area contributed by atoms with Crippen molar-refractivity contribution in [3.8, 4) is 0 Å². The number of nitrogens with two attached hydrogens (primary N) is 1. The molecule has 0 aliphatic heterocycles. The van der Waals surface area contributed by atoms with Crippen LogP contribution in [0.15, 0.2) is 39.9 Å². The molecule has 0 saturated carbocycles. The molecule has 18 heavy (non-hydrogen) atoms. The third kappa shape index (κ3) is 2.72. The molecule has 0 amide bonds. The second kappa shape index (κ2) is 4.97. The average Bonchev–Trinajstić information content (AvgIpc) is 2.33. The molecular weight excluding hydrogens is 237 g/mol. The van der Waals surface area contributed by atoms with Crippen molar-refractivity contribution < 1.29 is 4.39 Å². The van der Waals surface area contributed by atoms with Gasteiger partial charge in [-0.3, -0.25) is 14.7 Å². The molecule has 0 unspecified atom stereocenters. The molecule has 1 heterocycles. The normalized spacial score (nSPS) is 10.6. The highest BCUT2D eigenvalue weighted by molar-refractivity contribution is 5.24. The lowest BCUT2D eigenvalue weighted by Gasteiger charge is -2.07. The molecular formula is C12H12FN3O2. The molecule has 0 fully saturated rings. The Labute approximate surface area is 102 Å². The van der Waals surface area contributed by atoms with Gasteiger partial charge in [-0.2, -0.15) is 0 Å². The molecule has 94 valence electrons. The third-order valence-corrected chi connectivity index (χ3v) is 2.48. The zero-order valence-electron chi connectivity index (χ0n) is 9.52. The first-order chi connectivity index (χ1) is 8.58. The van der Waals surface area contributed by atoms with Crippen molar-refractivity contribution in [3.05, 3.63) is 68.0 Å². The molecule has 0 saturated heterocycles. The Morgan fingerprint density at radius 1 is 1.17 bits per heavy atom. The number of hydrogen-bond acceptors (Lipinski definition) is 3. The predicted molar refractivity (Wildman–Crippen MR) is 64.7 cm³/mol. The highest BCUT2D eigenvalue weighted by atomic mass is 19.1. The van der Waals surface area contributed by atoms with E-state index in [1.165, 1.54) is 18.2 Å². The molecule has 0 spiro atoms. The van der Waals surface area contributed by atoms with Crippen LogP contribution in [0.5, 0.6) is 0 Å². The van der Waals surface area contributed by atoms with E-state index in [-0.39, 0.29) is 24.2 Å². The summed E-state index contributed by atoms with van der Waals surface area (Å²) >= 11 is 0. The van der Waals surface area contributed by atoms with Crippen LogP contribution in [0.1, 0.15) is 11.1 Å². The molecule has 5 nitrogen and oxygen atoms in total. The van der Waals surface area contributed by atoms with Gasteiger partial charge in [0, 0.05) is 18.7 Å². The van der Waals surface area contributed by atoms with Crippen LogP contribution >= 0.6 is 0 Å². The van der Waals surface area contributed by atoms with Crippen molar-refractivity contribution in [1.29, 1.82) is 0 Å². The van der Waals surface area contributed by atoms with Crippen molar-refractivity contribution >= 4 is 0 Å². The Kier molecular flexibility index (Phi) is 3.38. The quantitative estimate of drug-likeness (QED) is 0.814. The average molecular weight is 249 g/mol. The fourth-order valence-corrected chi connectivity index (χ4v) is 1.69. The lowest BCUT2D eigenvalue weighted by Crippen LogP contribution is -2.28. The van der Waals surface area contributed by atoms with E-state index in [4.69, 9.17) is 5.73 Å². The number of halogens is 1. The summed E-state index contributed by atoms with van der Waals surface area (Å²) in [6.07, 6.45) is 0. The Bertz CT molecular complexity index is 676. The van der Waals surface area contributed by atoms with E-state index in [0.717, 1.165) is 10.7 Å². The van der Waals surface area contributed by atoms with Crippen molar-refractivity contribution in [2.45, 2.75) is 13.1 Å². The third-order valence-electron chi connectivity index (χ3n) is 2.48. The van der Waals surface area contributed by atoms with Gasteiger partial charge in [0.25, 0.3) is 11.1 Å². The Hall–Kier alpha value is -2.21. The van der Waals surface area contributed by atoms with Gasteiger partial charge in [0.2, 0.25) is 0 Å². The zero-order valence-corrected chi connectivity index (χ0v) is 9.52. The van der Waals surface area contributed by atoms with Gasteiger partial charge >= 0.3 is 0 Å². The van der Waals surface area contributed by atoms with Crippen molar-refractivity contribution in [3.63, 3.8) is 0 Å². The lowest BCUT2D eigenvalue weighted by atomic mass is 10.1. The van der Waals surface area contributed by atoms with Crippen LogP contribution in [0.2, 0.25) is 0 Å². The summed E-state index contributed by atoms with van der Waals surface area (Å²) in [6, 6.07) is 6.65. The standard InChI is InChI=1S/C12H12FN3O2/c13-10-4-8(6-14)3-9(5-10)7-16-12(18)2-1-11(17)15-16/h1-5H,6-7,14H2,(H,15,17). The summed E-state index contributed by atoms with van der Waals surface area (Å²) in [4.78, 5) is 22.6. The molecule has 0 aliphatic carbocycles. The number of aromatic amines is 1. The minimum atomic E-state index is -0.417. The molecule has 2 rings (SSSR count). The smallest absolute Gasteiger partial charge is 0.265 e. The fourth-order valence-electron chi connectivity index (χ4n) is 1.69. The van der Waals surface area contributed by atoms with Crippen LogP contribution in [0, 0.1) is 5.82 Å². The van der Waals surface area contributed by atoms with Gasteiger partial charge in [0.15, 0.2) is 0 Å². The highest BCUT2D eigenvalue weighted by Crippen LogP contribution is 2.09. The minimum Gasteiger partial charge on any atom is -0.326 e. The Morgan fingerprint density at radius 3 is 2.61 bits per heavy atom. The zero-order chi connectivity index (χ0) is 13.1. The second-order valence-corrected chi connectivity index (χ2v) is 3.91. The van der Waals surface area contributed by atoms with Gasteiger partial charge in [0.1, 0.15) is 5.82 Å². The van der Waals surface area contributed by atoms with Crippen LogP contribution < -0.4 is 16.9 Å². The van der Waals surface area contributed by atoms with Gasteiger partial charge in [-0.15, -0.1) is 0 Å². The van der Waals surface area contributed by atoms with E-state index in [0.29, 0.717) is 11.1 Å². The molecule has 1 aromatic heterocycles. The molecule has 1 aromatic carbocycles. The van der Waals surface area contributed by atoms with Crippen molar-refractivity contribution in [1.82, 2.24) is 9.78 Å².